The molecule has 0 spiro atoms. The number of aromatic amines is 1. The second kappa shape index (κ2) is 7.56. The first-order chi connectivity index (χ1) is 13.6. The first-order valence-corrected chi connectivity index (χ1v) is 8.99. The zero-order valence-electron chi connectivity index (χ0n) is 15.4. The standard InChI is InChI=1S/C21H20N4O3/c1-28-18-7-5-17(6-8-18)25-13-15(12-20(25)26)21(27)23-16-4-2-3-14(11-16)19-9-10-22-24-19/h2-11,15H,12-13H2,1H3,(H,22,24)(H,23,27). The number of carbonyl (C=O) groups is 2. The molecule has 1 aliphatic heterocycles. The van der Waals surface area contributed by atoms with Crippen molar-refractivity contribution >= 4 is 23.2 Å². The Hall–Kier alpha value is -3.61. The van der Waals surface area contributed by atoms with E-state index in [1.54, 1.807) is 30.3 Å². The van der Waals surface area contributed by atoms with E-state index in [9.17, 15) is 9.59 Å². The fraction of sp³-hybridized carbons (Fsp3) is 0.190. The molecule has 0 radical (unpaired) electrons. The van der Waals surface area contributed by atoms with E-state index in [0.717, 1.165) is 22.7 Å². The molecule has 2 amide bonds. The lowest BCUT2D eigenvalue weighted by atomic mass is 10.1. The molecule has 1 unspecified atom stereocenters. The highest BCUT2D eigenvalue weighted by Gasteiger charge is 2.35. The average Bonchev–Trinajstić information content (AvgIpc) is 3.38. The Morgan fingerprint density at radius 1 is 1.21 bits per heavy atom. The van der Waals surface area contributed by atoms with E-state index in [4.69, 9.17) is 4.74 Å². The lowest BCUT2D eigenvalue weighted by molar-refractivity contribution is -0.122. The van der Waals surface area contributed by atoms with Gasteiger partial charge in [0.15, 0.2) is 0 Å². The van der Waals surface area contributed by atoms with Gasteiger partial charge in [0.25, 0.3) is 0 Å². The summed E-state index contributed by atoms with van der Waals surface area (Å²) in [6.07, 6.45) is 1.87. The third kappa shape index (κ3) is 3.59. The van der Waals surface area contributed by atoms with Crippen LogP contribution in [0.15, 0.2) is 60.8 Å². The third-order valence-electron chi connectivity index (χ3n) is 4.82. The van der Waals surface area contributed by atoms with Crippen molar-refractivity contribution in [2.45, 2.75) is 6.42 Å². The monoisotopic (exact) mass is 376 g/mol. The van der Waals surface area contributed by atoms with Gasteiger partial charge in [0.2, 0.25) is 11.8 Å². The van der Waals surface area contributed by atoms with Crippen molar-refractivity contribution in [2.75, 3.05) is 23.9 Å². The second-order valence-electron chi connectivity index (χ2n) is 6.64. The summed E-state index contributed by atoms with van der Waals surface area (Å²) >= 11 is 0. The molecule has 1 atom stereocenters. The SMILES string of the molecule is COc1ccc(N2CC(C(=O)Nc3cccc(-c4ccn[nH]4)c3)CC2=O)cc1. The summed E-state index contributed by atoms with van der Waals surface area (Å²) in [5.41, 5.74) is 3.25. The van der Waals surface area contributed by atoms with E-state index in [2.05, 4.69) is 15.5 Å². The number of nitrogens with one attached hydrogen (secondary N) is 2. The fourth-order valence-electron chi connectivity index (χ4n) is 3.32. The van der Waals surface area contributed by atoms with Crippen molar-refractivity contribution in [3.8, 4) is 17.0 Å². The molecule has 2 heterocycles. The molecule has 2 N–H and O–H groups in total. The molecule has 7 heteroatoms. The van der Waals surface area contributed by atoms with Crippen molar-refractivity contribution in [3.05, 3.63) is 60.8 Å². The normalized spacial score (nSPS) is 16.2. The lowest BCUT2D eigenvalue weighted by Crippen LogP contribution is -2.28. The fourth-order valence-corrected chi connectivity index (χ4v) is 3.32. The summed E-state index contributed by atoms with van der Waals surface area (Å²) in [4.78, 5) is 26.8. The summed E-state index contributed by atoms with van der Waals surface area (Å²) in [7, 11) is 1.59. The van der Waals surface area contributed by atoms with E-state index in [1.807, 2.05) is 42.5 Å². The quantitative estimate of drug-likeness (QED) is 0.716. The van der Waals surface area contributed by atoms with Gasteiger partial charge in [-0.3, -0.25) is 14.7 Å². The minimum absolute atomic E-state index is 0.0588. The van der Waals surface area contributed by atoms with E-state index in [-0.39, 0.29) is 18.2 Å². The number of anilines is 2. The molecular formula is C21H20N4O3. The van der Waals surface area contributed by atoms with Gasteiger partial charge in [-0.1, -0.05) is 12.1 Å². The van der Waals surface area contributed by atoms with Crippen LogP contribution in [-0.2, 0) is 9.59 Å². The highest BCUT2D eigenvalue weighted by atomic mass is 16.5. The maximum Gasteiger partial charge on any atom is 0.229 e. The minimum atomic E-state index is -0.398. The number of aromatic nitrogens is 2. The van der Waals surface area contributed by atoms with Crippen molar-refractivity contribution in [1.29, 1.82) is 0 Å². The van der Waals surface area contributed by atoms with Gasteiger partial charge < -0.3 is 15.0 Å². The van der Waals surface area contributed by atoms with Crippen LogP contribution in [0, 0.1) is 5.92 Å². The number of benzene rings is 2. The van der Waals surface area contributed by atoms with Crippen LogP contribution in [-0.4, -0.2) is 35.7 Å². The topological polar surface area (TPSA) is 87.3 Å². The summed E-state index contributed by atoms with van der Waals surface area (Å²) in [6, 6.07) is 16.6. The van der Waals surface area contributed by atoms with Gasteiger partial charge in [0.1, 0.15) is 5.75 Å². The van der Waals surface area contributed by atoms with Gasteiger partial charge in [0.05, 0.1) is 18.7 Å². The van der Waals surface area contributed by atoms with Crippen molar-refractivity contribution < 1.29 is 14.3 Å². The molecule has 3 aromatic rings. The number of hydrogen-bond acceptors (Lipinski definition) is 4. The predicted octanol–water partition coefficient (Wildman–Crippen LogP) is 3.08. The first-order valence-electron chi connectivity index (χ1n) is 8.99. The maximum absolute atomic E-state index is 12.7. The van der Waals surface area contributed by atoms with Crippen LogP contribution in [0.4, 0.5) is 11.4 Å². The Morgan fingerprint density at radius 2 is 2.04 bits per heavy atom. The van der Waals surface area contributed by atoms with Crippen LogP contribution in [0.3, 0.4) is 0 Å². The van der Waals surface area contributed by atoms with E-state index in [1.165, 1.54) is 0 Å². The van der Waals surface area contributed by atoms with E-state index >= 15 is 0 Å². The molecule has 1 aromatic heterocycles. The summed E-state index contributed by atoms with van der Waals surface area (Å²) in [5.74, 6) is 0.106. The van der Waals surface area contributed by atoms with E-state index in [0.29, 0.717) is 12.2 Å². The predicted molar refractivity (Wildman–Crippen MR) is 106 cm³/mol. The summed E-state index contributed by atoms with van der Waals surface area (Å²) in [6.45, 7) is 0.358. The number of carbonyl (C=O) groups excluding carboxylic acids is 2. The number of amides is 2. The van der Waals surface area contributed by atoms with Crippen molar-refractivity contribution in [1.82, 2.24) is 10.2 Å². The molecule has 142 valence electrons. The van der Waals surface area contributed by atoms with Crippen molar-refractivity contribution in [3.63, 3.8) is 0 Å². The molecule has 1 saturated heterocycles. The number of H-pyrrole nitrogens is 1. The van der Waals surface area contributed by atoms with Gasteiger partial charge >= 0.3 is 0 Å². The second-order valence-corrected chi connectivity index (χ2v) is 6.64. The first kappa shape index (κ1) is 17.8. The number of ether oxygens (including phenoxy) is 1. The molecule has 0 saturated carbocycles. The molecule has 4 rings (SSSR count). The van der Waals surface area contributed by atoms with E-state index < -0.39 is 5.92 Å². The Labute approximate surface area is 162 Å². The molecule has 0 aliphatic carbocycles. The van der Waals surface area contributed by atoms with Gasteiger partial charge in [-0.2, -0.15) is 5.10 Å². The number of methoxy groups -OCH3 is 1. The smallest absolute Gasteiger partial charge is 0.229 e. The minimum Gasteiger partial charge on any atom is -0.497 e. The third-order valence-corrected chi connectivity index (χ3v) is 4.82. The molecular weight excluding hydrogens is 356 g/mol. The van der Waals surface area contributed by atoms with Crippen LogP contribution in [0.2, 0.25) is 0 Å². The molecule has 1 fully saturated rings. The number of nitrogens with zero attached hydrogens (tertiary/aromatic N) is 2. The zero-order valence-corrected chi connectivity index (χ0v) is 15.4. The highest BCUT2D eigenvalue weighted by Crippen LogP contribution is 2.28. The summed E-state index contributed by atoms with van der Waals surface area (Å²) < 4.78 is 5.15. The molecule has 0 bridgehead atoms. The Morgan fingerprint density at radius 3 is 2.75 bits per heavy atom. The number of hydrogen-bond donors (Lipinski definition) is 2. The average molecular weight is 376 g/mol. The van der Waals surface area contributed by atoms with Crippen LogP contribution in [0.1, 0.15) is 6.42 Å². The Kier molecular flexibility index (Phi) is 4.80. The molecule has 2 aromatic carbocycles. The molecule has 1 aliphatic rings. The van der Waals surface area contributed by atoms with Crippen LogP contribution in [0.5, 0.6) is 5.75 Å². The van der Waals surface area contributed by atoms with Crippen LogP contribution < -0.4 is 15.0 Å². The summed E-state index contributed by atoms with van der Waals surface area (Å²) in [5, 5.41) is 9.77. The molecule has 28 heavy (non-hydrogen) atoms. The number of rotatable bonds is 5. The largest absolute Gasteiger partial charge is 0.497 e. The van der Waals surface area contributed by atoms with Gasteiger partial charge in [-0.25, -0.2) is 0 Å². The van der Waals surface area contributed by atoms with Gasteiger partial charge in [-0.05, 0) is 42.5 Å². The molecule has 7 nitrogen and oxygen atoms in total. The van der Waals surface area contributed by atoms with Crippen LogP contribution in [0.25, 0.3) is 11.3 Å². The highest BCUT2D eigenvalue weighted by molar-refractivity contribution is 6.03. The Balaban J connectivity index is 1.44. The van der Waals surface area contributed by atoms with Crippen LogP contribution >= 0.6 is 0 Å². The zero-order chi connectivity index (χ0) is 19.5. The van der Waals surface area contributed by atoms with Gasteiger partial charge in [0, 0.05) is 36.1 Å². The lowest BCUT2D eigenvalue weighted by Gasteiger charge is -2.17. The Bertz CT molecular complexity index is 983. The van der Waals surface area contributed by atoms with Crippen molar-refractivity contribution in [2.24, 2.45) is 5.92 Å². The van der Waals surface area contributed by atoms with Gasteiger partial charge in [-0.15, -0.1) is 0 Å². The maximum atomic E-state index is 12.7.